The molecule has 7 nitrogen and oxygen atoms in total. The van der Waals surface area contributed by atoms with Crippen LogP contribution in [0.3, 0.4) is 0 Å². The third kappa shape index (κ3) is 2.88. The first-order chi connectivity index (χ1) is 14.5. The number of nitrogens with one attached hydrogen (secondary N) is 1. The minimum absolute atomic E-state index is 0.100. The smallest absolute Gasteiger partial charge is 0.182 e. The lowest BCUT2D eigenvalue weighted by molar-refractivity contribution is -0.126. The molecule has 154 valence electrons. The summed E-state index contributed by atoms with van der Waals surface area (Å²) < 4.78 is 0. The van der Waals surface area contributed by atoms with Crippen LogP contribution < -0.4 is 5.73 Å². The Bertz CT molecular complexity index is 1170. The third-order valence-electron chi connectivity index (χ3n) is 7.14. The lowest BCUT2D eigenvalue weighted by Gasteiger charge is -2.43. The number of hydrogen-bond donors (Lipinski definition) is 3. The van der Waals surface area contributed by atoms with E-state index in [1.54, 1.807) is 6.07 Å². The van der Waals surface area contributed by atoms with Gasteiger partial charge in [-0.2, -0.15) is 0 Å². The largest absolute Gasteiger partial charge is 0.508 e. The Kier molecular flexibility index (Phi) is 4.34. The number of carbonyl (C=O) groups excluding carboxylic acids is 1. The zero-order valence-electron chi connectivity index (χ0n) is 16.9. The number of benzene rings is 1. The van der Waals surface area contributed by atoms with Crippen LogP contribution in [0, 0.1) is 11.3 Å². The summed E-state index contributed by atoms with van der Waals surface area (Å²) in [6.07, 6.45) is 10.0. The lowest BCUT2D eigenvalue weighted by atomic mass is 9.60. The highest BCUT2D eigenvalue weighted by molar-refractivity contribution is 5.88. The standard InChI is InChI=1S/C18H20O2.C5H5N5/c1-18-9-8-14-13-5-3-12(19)10-11(13)2-4-15(14)16(18)6-7-17(18)20;6-4-3-5(9-1-7-3)10-2-8-4/h3-5,10,14,16,19H,2,6-9H2,1H3;1-2H,(H3,6,7,8,9,10). The van der Waals surface area contributed by atoms with E-state index in [0.717, 1.165) is 32.1 Å². The summed E-state index contributed by atoms with van der Waals surface area (Å²) in [7, 11) is 0. The number of aromatic amines is 1. The summed E-state index contributed by atoms with van der Waals surface area (Å²) in [5.41, 5.74) is 10.8. The van der Waals surface area contributed by atoms with E-state index < -0.39 is 0 Å². The molecule has 30 heavy (non-hydrogen) atoms. The van der Waals surface area contributed by atoms with Gasteiger partial charge in [-0.05, 0) is 54.9 Å². The molecule has 0 radical (unpaired) electrons. The fourth-order valence-electron chi connectivity index (χ4n) is 5.52. The van der Waals surface area contributed by atoms with E-state index >= 15 is 0 Å². The number of anilines is 1. The predicted molar refractivity (Wildman–Crippen MR) is 114 cm³/mol. The second-order valence-electron chi connectivity index (χ2n) is 8.67. The molecule has 7 heteroatoms. The van der Waals surface area contributed by atoms with Crippen LogP contribution in [0.15, 0.2) is 42.5 Å². The highest BCUT2D eigenvalue weighted by Gasteiger charge is 2.52. The number of H-pyrrole nitrogens is 1. The van der Waals surface area contributed by atoms with Gasteiger partial charge in [-0.3, -0.25) is 4.79 Å². The monoisotopic (exact) mass is 403 g/mol. The number of fused-ring (bicyclic) bond motifs is 6. The molecule has 2 aromatic heterocycles. The SMILES string of the molecule is CC12CCC3C(=CCc4cc(O)ccc43)C1CCC2=O.Nc1ncnc2nc[nH]c12. The minimum Gasteiger partial charge on any atom is -0.508 e. The van der Waals surface area contributed by atoms with Gasteiger partial charge in [0.1, 0.15) is 23.4 Å². The molecule has 0 aliphatic heterocycles. The molecule has 6 rings (SSSR count). The zero-order valence-corrected chi connectivity index (χ0v) is 16.9. The number of nitrogen functional groups attached to an aromatic ring is 1. The topological polar surface area (TPSA) is 118 Å². The average Bonchev–Trinajstić information content (AvgIpc) is 3.34. The van der Waals surface area contributed by atoms with Gasteiger partial charge in [0.25, 0.3) is 0 Å². The van der Waals surface area contributed by atoms with E-state index in [4.69, 9.17) is 5.73 Å². The number of nitrogens with two attached hydrogens (primary N) is 1. The van der Waals surface area contributed by atoms with Gasteiger partial charge in [-0.15, -0.1) is 0 Å². The van der Waals surface area contributed by atoms with Crippen LogP contribution in [-0.2, 0) is 11.2 Å². The van der Waals surface area contributed by atoms with Crippen LogP contribution in [0.25, 0.3) is 11.2 Å². The number of nitrogens with zero attached hydrogens (tertiary/aromatic N) is 3. The van der Waals surface area contributed by atoms with Crippen LogP contribution in [0.5, 0.6) is 5.75 Å². The molecule has 4 N–H and O–H groups in total. The molecule has 3 aliphatic carbocycles. The summed E-state index contributed by atoms with van der Waals surface area (Å²) >= 11 is 0. The van der Waals surface area contributed by atoms with E-state index in [1.807, 2.05) is 6.07 Å². The van der Waals surface area contributed by atoms with Crippen LogP contribution in [-0.4, -0.2) is 30.8 Å². The molecular weight excluding hydrogens is 378 g/mol. The predicted octanol–water partition coefficient (Wildman–Crippen LogP) is 3.67. The number of hydrogen-bond acceptors (Lipinski definition) is 6. The van der Waals surface area contributed by atoms with Crippen molar-refractivity contribution in [2.45, 2.75) is 44.9 Å². The Morgan fingerprint density at radius 3 is 2.93 bits per heavy atom. The number of rotatable bonds is 0. The molecule has 0 bridgehead atoms. The second-order valence-corrected chi connectivity index (χ2v) is 8.67. The maximum atomic E-state index is 12.2. The molecule has 2 heterocycles. The summed E-state index contributed by atoms with van der Waals surface area (Å²) in [6.45, 7) is 2.18. The maximum Gasteiger partial charge on any atom is 0.182 e. The van der Waals surface area contributed by atoms with Crippen molar-refractivity contribution in [2.75, 3.05) is 5.73 Å². The first-order valence-electron chi connectivity index (χ1n) is 10.4. The van der Waals surface area contributed by atoms with Crippen molar-refractivity contribution in [3.05, 3.63) is 53.6 Å². The second kappa shape index (κ2) is 6.93. The van der Waals surface area contributed by atoms with Crippen molar-refractivity contribution in [1.29, 1.82) is 0 Å². The first kappa shape index (κ1) is 18.8. The van der Waals surface area contributed by atoms with E-state index in [0.29, 0.717) is 40.4 Å². The number of Topliss-reactive ketones (excluding diaryl/α,β-unsaturated/α-hetero) is 1. The van der Waals surface area contributed by atoms with Crippen LogP contribution in [0.4, 0.5) is 5.82 Å². The van der Waals surface area contributed by atoms with Gasteiger partial charge in [0.2, 0.25) is 0 Å². The normalized spacial score (nSPS) is 26.8. The van der Waals surface area contributed by atoms with Crippen molar-refractivity contribution in [1.82, 2.24) is 19.9 Å². The van der Waals surface area contributed by atoms with Crippen LogP contribution in [0.2, 0.25) is 0 Å². The van der Waals surface area contributed by atoms with Crippen LogP contribution in [0.1, 0.15) is 49.7 Å². The molecule has 3 aromatic rings. The first-order valence-corrected chi connectivity index (χ1v) is 10.4. The Morgan fingerprint density at radius 2 is 2.10 bits per heavy atom. The molecule has 0 amide bonds. The fourth-order valence-corrected chi connectivity index (χ4v) is 5.52. The Labute approximate surface area is 174 Å². The zero-order chi connectivity index (χ0) is 20.9. The van der Waals surface area contributed by atoms with Gasteiger partial charge in [0.05, 0.1) is 6.33 Å². The average molecular weight is 403 g/mol. The molecule has 3 unspecified atom stereocenters. The fraction of sp³-hybridized carbons (Fsp3) is 0.391. The molecule has 2 fully saturated rings. The highest BCUT2D eigenvalue weighted by Crippen LogP contribution is 2.57. The summed E-state index contributed by atoms with van der Waals surface area (Å²) in [6, 6.07) is 5.79. The molecule has 1 aromatic carbocycles. The molecule has 0 saturated heterocycles. The number of phenols is 1. The molecule has 0 spiro atoms. The van der Waals surface area contributed by atoms with Gasteiger partial charge < -0.3 is 15.8 Å². The third-order valence-corrected chi connectivity index (χ3v) is 7.14. The van der Waals surface area contributed by atoms with Crippen molar-refractivity contribution < 1.29 is 9.90 Å². The molecular formula is C23H25N5O2. The van der Waals surface area contributed by atoms with Crippen molar-refractivity contribution in [3.63, 3.8) is 0 Å². The highest BCUT2D eigenvalue weighted by atomic mass is 16.3. The Morgan fingerprint density at radius 1 is 1.23 bits per heavy atom. The number of ketones is 1. The number of phenolic OH excluding ortho intramolecular Hbond substituents is 1. The van der Waals surface area contributed by atoms with E-state index in [1.165, 1.54) is 29.4 Å². The van der Waals surface area contributed by atoms with Gasteiger partial charge in [0.15, 0.2) is 11.5 Å². The number of aromatic nitrogens is 4. The van der Waals surface area contributed by atoms with E-state index in [9.17, 15) is 9.90 Å². The summed E-state index contributed by atoms with van der Waals surface area (Å²) in [5, 5.41) is 9.64. The van der Waals surface area contributed by atoms with Crippen molar-refractivity contribution in [2.24, 2.45) is 11.3 Å². The summed E-state index contributed by atoms with van der Waals surface area (Å²) in [4.78, 5) is 26.6. The van der Waals surface area contributed by atoms with Gasteiger partial charge in [-0.1, -0.05) is 24.6 Å². The van der Waals surface area contributed by atoms with E-state index in [-0.39, 0.29) is 5.41 Å². The van der Waals surface area contributed by atoms with Crippen molar-refractivity contribution in [3.8, 4) is 5.75 Å². The Hall–Kier alpha value is -3.22. The molecule has 2 saturated carbocycles. The lowest BCUT2D eigenvalue weighted by Crippen LogP contribution is -2.37. The number of imidazole rings is 1. The maximum absolute atomic E-state index is 12.2. The summed E-state index contributed by atoms with van der Waals surface area (Å²) in [5.74, 6) is 2.19. The molecule has 3 aliphatic rings. The minimum atomic E-state index is -0.100. The van der Waals surface area contributed by atoms with Gasteiger partial charge in [-0.25, -0.2) is 15.0 Å². The van der Waals surface area contributed by atoms with Crippen LogP contribution >= 0.6 is 0 Å². The Balaban J connectivity index is 0.000000161. The number of carbonyl (C=O) groups is 1. The van der Waals surface area contributed by atoms with Crippen molar-refractivity contribution >= 4 is 22.8 Å². The number of aromatic hydroxyl groups is 1. The quantitative estimate of drug-likeness (QED) is 0.493. The van der Waals surface area contributed by atoms with E-state index in [2.05, 4.69) is 39.0 Å². The van der Waals surface area contributed by atoms with Gasteiger partial charge in [0, 0.05) is 17.8 Å². The van der Waals surface area contributed by atoms with Gasteiger partial charge >= 0.3 is 0 Å². The number of allylic oxidation sites excluding steroid dienone is 2. The molecule has 3 atom stereocenters.